The van der Waals surface area contributed by atoms with Gasteiger partial charge in [0.1, 0.15) is 5.78 Å². The summed E-state index contributed by atoms with van der Waals surface area (Å²) in [6, 6.07) is 5.53. The van der Waals surface area contributed by atoms with Gasteiger partial charge in [-0.05, 0) is 19.1 Å². The molecule has 0 unspecified atom stereocenters. The first-order chi connectivity index (χ1) is 8.72. The van der Waals surface area contributed by atoms with Crippen LogP contribution in [0, 0.1) is 15.5 Å². The summed E-state index contributed by atoms with van der Waals surface area (Å²) in [5, 5.41) is 13.1. The zero-order valence-corrected chi connectivity index (χ0v) is 11.1. The van der Waals surface area contributed by atoms with Crippen LogP contribution in [-0.4, -0.2) is 16.6 Å². The van der Waals surface area contributed by atoms with Gasteiger partial charge in [-0.1, -0.05) is 13.8 Å². The maximum absolute atomic E-state index is 11.8. The molecule has 6 nitrogen and oxygen atoms in total. The monoisotopic (exact) mass is 264 g/mol. The lowest BCUT2D eigenvalue weighted by Gasteiger charge is -2.20. The molecule has 0 atom stereocenters. The van der Waals surface area contributed by atoms with Crippen LogP contribution in [0.1, 0.15) is 27.2 Å². The van der Waals surface area contributed by atoms with Gasteiger partial charge in [-0.3, -0.25) is 19.7 Å². The van der Waals surface area contributed by atoms with Gasteiger partial charge in [-0.2, -0.15) is 0 Å². The summed E-state index contributed by atoms with van der Waals surface area (Å²) in [6.07, 6.45) is 0.0688. The van der Waals surface area contributed by atoms with Crippen molar-refractivity contribution in [1.29, 1.82) is 0 Å². The predicted molar refractivity (Wildman–Crippen MR) is 70.8 cm³/mol. The zero-order chi connectivity index (χ0) is 14.6. The summed E-state index contributed by atoms with van der Waals surface area (Å²) in [7, 11) is 0. The highest BCUT2D eigenvalue weighted by molar-refractivity contribution is 5.95. The molecular weight excluding hydrogens is 248 g/mol. The van der Waals surface area contributed by atoms with Crippen LogP contribution >= 0.6 is 0 Å². The Labute approximate surface area is 111 Å². The SMILES string of the molecule is CC(=O)C(C)(C)CC(=O)Nc1ccc([N+](=O)[O-])cc1. The molecule has 0 saturated carbocycles. The topological polar surface area (TPSA) is 89.3 Å². The molecule has 1 N–H and O–H groups in total. The van der Waals surface area contributed by atoms with E-state index < -0.39 is 10.3 Å². The molecule has 0 spiro atoms. The minimum absolute atomic E-state index is 0.0398. The Kier molecular flexibility index (Phi) is 4.37. The molecule has 0 fully saturated rings. The number of nitro benzene ring substituents is 1. The number of amides is 1. The summed E-state index contributed by atoms with van der Waals surface area (Å²) >= 11 is 0. The molecule has 1 rings (SSSR count). The number of nitrogens with one attached hydrogen (secondary N) is 1. The van der Waals surface area contributed by atoms with Crippen LogP contribution in [0.2, 0.25) is 0 Å². The number of carbonyl (C=O) groups excluding carboxylic acids is 2. The maximum atomic E-state index is 11.8. The van der Waals surface area contributed by atoms with Crippen LogP contribution < -0.4 is 5.32 Å². The number of nitro groups is 1. The Morgan fingerprint density at radius 1 is 1.26 bits per heavy atom. The van der Waals surface area contributed by atoms with Crippen molar-refractivity contribution >= 4 is 23.1 Å². The number of benzene rings is 1. The van der Waals surface area contributed by atoms with E-state index in [4.69, 9.17) is 0 Å². The van der Waals surface area contributed by atoms with Crippen LogP contribution in [0.5, 0.6) is 0 Å². The van der Waals surface area contributed by atoms with Crippen molar-refractivity contribution in [3.63, 3.8) is 0 Å². The van der Waals surface area contributed by atoms with Gasteiger partial charge >= 0.3 is 0 Å². The molecule has 0 aliphatic carbocycles. The molecular formula is C13H16N2O4. The third-order valence-electron chi connectivity index (χ3n) is 2.92. The second-order valence-electron chi connectivity index (χ2n) is 4.97. The first-order valence-electron chi connectivity index (χ1n) is 5.78. The van der Waals surface area contributed by atoms with E-state index in [1.807, 2.05) is 0 Å². The fourth-order valence-electron chi connectivity index (χ4n) is 1.40. The van der Waals surface area contributed by atoms with Crippen molar-refractivity contribution in [2.75, 3.05) is 5.32 Å². The lowest BCUT2D eigenvalue weighted by atomic mass is 9.85. The highest BCUT2D eigenvalue weighted by atomic mass is 16.6. The molecule has 1 aromatic carbocycles. The average Bonchev–Trinajstić information content (AvgIpc) is 2.28. The Balaban J connectivity index is 2.67. The largest absolute Gasteiger partial charge is 0.326 e. The Morgan fingerprint density at radius 2 is 1.79 bits per heavy atom. The molecule has 0 aliphatic rings. The minimum atomic E-state index is -0.717. The lowest BCUT2D eigenvalue weighted by molar-refractivity contribution is -0.384. The number of nitrogens with zero attached hydrogens (tertiary/aromatic N) is 1. The van der Waals surface area contributed by atoms with Crippen molar-refractivity contribution in [3.05, 3.63) is 34.4 Å². The van der Waals surface area contributed by atoms with E-state index in [9.17, 15) is 19.7 Å². The van der Waals surface area contributed by atoms with Gasteiger partial charge < -0.3 is 5.32 Å². The van der Waals surface area contributed by atoms with Crippen molar-refractivity contribution < 1.29 is 14.5 Å². The average molecular weight is 264 g/mol. The third kappa shape index (κ3) is 4.17. The molecule has 102 valence electrons. The van der Waals surface area contributed by atoms with Gasteiger partial charge in [-0.15, -0.1) is 0 Å². The summed E-state index contributed by atoms with van der Waals surface area (Å²) in [5.41, 5.74) is -0.290. The van der Waals surface area contributed by atoms with Crippen LogP contribution in [-0.2, 0) is 9.59 Å². The number of ketones is 1. The smallest absolute Gasteiger partial charge is 0.269 e. The van der Waals surface area contributed by atoms with Gasteiger partial charge in [0.05, 0.1) is 4.92 Å². The maximum Gasteiger partial charge on any atom is 0.269 e. The number of hydrogen-bond acceptors (Lipinski definition) is 4. The standard InChI is InChI=1S/C13H16N2O4/c1-9(16)13(2,3)8-12(17)14-10-4-6-11(7-5-10)15(18)19/h4-7H,8H2,1-3H3,(H,14,17). The first-order valence-corrected chi connectivity index (χ1v) is 5.78. The number of hydrogen-bond donors (Lipinski definition) is 1. The number of rotatable bonds is 5. The highest BCUT2D eigenvalue weighted by Crippen LogP contribution is 2.22. The summed E-state index contributed by atoms with van der Waals surface area (Å²) in [6.45, 7) is 4.84. The van der Waals surface area contributed by atoms with Crippen LogP contribution in [0.15, 0.2) is 24.3 Å². The van der Waals surface area contributed by atoms with Crippen molar-refractivity contribution in [3.8, 4) is 0 Å². The molecule has 0 radical (unpaired) electrons. The summed E-state index contributed by atoms with van der Waals surface area (Å²) < 4.78 is 0. The number of Topliss-reactive ketones (excluding diaryl/α,β-unsaturated/α-hetero) is 1. The van der Waals surface area contributed by atoms with Gasteiger partial charge in [-0.25, -0.2) is 0 Å². The fraction of sp³-hybridized carbons (Fsp3) is 0.385. The van der Waals surface area contributed by atoms with Crippen LogP contribution in [0.4, 0.5) is 11.4 Å². The third-order valence-corrected chi connectivity index (χ3v) is 2.92. The number of anilines is 1. The van der Waals surface area contributed by atoms with E-state index >= 15 is 0 Å². The molecule has 1 aromatic rings. The fourth-order valence-corrected chi connectivity index (χ4v) is 1.40. The molecule has 0 saturated heterocycles. The van der Waals surface area contributed by atoms with E-state index in [2.05, 4.69) is 5.32 Å². The summed E-state index contributed by atoms with van der Waals surface area (Å²) in [5.74, 6) is -0.361. The number of carbonyl (C=O) groups is 2. The molecule has 0 heterocycles. The normalized spacial score (nSPS) is 10.9. The molecule has 6 heteroatoms. The van der Waals surface area contributed by atoms with E-state index in [0.717, 1.165) is 0 Å². The second kappa shape index (κ2) is 5.60. The Bertz CT molecular complexity index is 506. The zero-order valence-electron chi connectivity index (χ0n) is 11.1. The van der Waals surface area contributed by atoms with E-state index in [1.54, 1.807) is 13.8 Å². The van der Waals surface area contributed by atoms with Crippen molar-refractivity contribution in [1.82, 2.24) is 0 Å². The molecule has 0 aliphatic heterocycles. The molecule has 0 aromatic heterocycles. The van der Waals surface area contributed by atoms with Crippen LogP contribution in [0.25, 0.3) is 0 Å². The highest BCUT2D eigenvalue weighted by Gasteiger charge is 2.26. The van der Waals surface area contributed by atoms with Crippen molar-refractivity contribution in [2.24, 2.45) is 5.41 Å². The predicted octanol–water partition coefficient (Wildman–Crippen LogP) is 2.54. The van der Waals surface area contributed by atoms with Gasteiger partial charge in [0.25, 0.3) is 5.69 Å². The van der Waals surface area contributed by atoms with Gasteiger partial charge in [0, 0.05) is 29.7 Å². The minimum Gasteiger partial charge on any atom is -0.326 e. The number of non-ortho nitro benzene ring substituents is 1. The molecule has 0 bridgehead atoms. The van der Waals surface area contributed by atoms with Gasteiger partial charge in [0.2, 0.25) is 5.91 Å². The first kappa shape index (κ1) is 14.8. The lowest BCUT2D eigenvalue weighted by Crippen LogP contribution is -2.28. The van der Waals surface area contributed by atoms with Crippen molar-refractivity contribution in [2.45, 2.75) is 27.2 Å². The van der Waals surface area contributed by atoms with Gasteiger partial charge in [0.15, 0.2) is 0 Å². The summed E-state index contributed by atoms with van der Waals surface area (Å²) in [4.78, 5) is 33.0. The molecule has 19 heavy (non-hydrogen) atoms. The molecule has 1 amide bonds. The van der Waals surface area contributed by atoms with E-state index in [-0.39, 0.29) is 23.8 Å². The second-order valence-corrected chi connectivity index (χ2v) is 4.97. The van der Waals surface area contributed by atoms with Crippen LogP contribution in [0.3, 0.4) is 0 Å². The van der Waals surface area contributed by atoms with E-state index in [0.29, 0.717) is 5.69 Å². The Morgan fingerprint density at radius 3 is 2.21 bits per heavy atom. The quantitative estimate of drug-likeness (QED) is 0.653. The van der Waals surface area contributed by atoms with E-state index in [1.165, 1.54) is 31.2 Å². The Hall–Kier alpha value is -2.24.